The molecule has 1 aromatic carbocycles. The van der Waals surface area contributed by atoms with Crippen molar-refractivity contribution >= 4 is 17.7 Å². The predicted molar refractivity (Wildman–Crippen MR) is 80.8 cm³/mol. The van der Waals surface area contributed by atoms with Crippen LogP contribution < -0.4 is 5.32 Å². The van der Waals surface area contributed by atoms with Gasteiger partial charge in [-0.05, 0) is 32.5 Å². The number of carboxylic acid groups (broad SMARTS) is 1. The lowest BCUT2D eigenvalue weighted by Gasteiger charge is -2.37. The number of likely N-dealkylation sites (N-methyl/N-ethyl adjacent to an activating group) is 1. The smallest absolute Gasteiger partial charge is 0.338 e. The van der Waals surface area contributed by atoms with Crippen molar-refractivity contribution in [3.8, 4) is 0 Å². The van der Waals surface area contributed by atoms with Crippen molar-refractivity contribution < 1.29 is 14.7 Å². The van der Waals surface area contributed by atoms with Crippen LogP contribution in [0.4, 0.5) is 10.5 Å². The summed E-state index contributed by atoms with van der Waals surface area (Å²) in [6.45, 7) is 5.87. The first-order chi connectivity index (χ1) is 9.90. The summed E-state index contributed by atoms with van der Waals surface area (Å²) in [6.07, 6.45) is 0. The number of rotatable bonds is 2. The van der Waals surface area contributed by atoms with E-state index in [1.165, 1.54) is 0 Å². The Morgan fingerprint density at radius 3 is 2.67 bits per heavy atom. The van der Waals surface area contributed by atoms with Gasteiger partial charge < -0.3 is 20.2 Å². The van der Waals surface area contributed by atoms with Crippen molar-refractivity contribution in [3.05, 3.63) is 29.3 Å². The number of aryl methyl sites for hydroxylation is 1. The zero-order chi connectivity index (χ0) is 15.6. The van der Waals surface area contributed by atoms with Crippen LogP contribution in [0.25, 0.3) is 0 Å². The van der Waals surface area contributed by atoms with Crippen molar-refractivity contribution in [2.45, 2.75) is 19.9 Å². The fourth-order valence-electron chi connectivity index (χ4n) is 2.48. The zero-order valence-electron chi connectivity index (χ0n) is 12.6. The maximum Gasteiger partial charge on any atom is 0.338 e. The van der Waals surface area contributed by atoms with Crippen LogP contribution in [0.5, 0.6) is 0 Å². The van der Waals surface area contributed by atoms with Gasteiger partial charge in [0.25, 0.3) is 0 Å². The summed E-state index contributed by atoms with van der Waals surface area (Å²) < 4.78 is 0. The monoisotopic (exact) mass is 291 g/mol. The van der Waals surface area contributed by atoms with E-state index in [9.17, 15) is 14.7 Å². The number of urea groups is 1. The molecule has 6 nitrogen and oxygen atoms in total. The molecule has 2 amide bonds. The number of carbonyl (C=O) groups excluding carboxylic acids is 1. The van der Waals surface area contributed by atoms with Crippen LogP contribution in [0.3, 0.4) is 0 Å². The van der Waals surface area contributed by atoms with Gasteiger partial charge in [0.1, 0.15) is 0 Å². The number of hydrogen-bond donors (Lipinski definition) is 2. The molecule has 1 aromatic rings. The van der Waals surface area contributed by atoms with Crippen LogP contribution in [-0.2, 0) is 0 Å². The molecular formula is C15H21N3O3. The second-order valence-corrected chi connectivity index (χ2v) is 5.51. The average Bonchev–Trinajstić information content (AvgIpc) is 2.41. The summed E-state index contributed by atoms with van der Waals surface area (Å²) in [7, 11) is 2.03. The van der Waals surface area contributed by atoms with Gasteiger partial charge in [-0.2, -0.15) is 0 Å². The van der Waals surface area contributed by atoms with E-state index in [1.807, 2.05) is 7.05 Å². The summed E-state index contributed by atoms with van der Waals surface area (Å²) in [4.78, 5) is 27.5. The van der Waals surface area contributed by atoms with E-state index in [1.54, 1.807) is 30.0 Å². The van der Waals surface area contributed by atoms with Crippen LogP contribution in [0.1, 0.15) is 22.8 Å². The third-order valence-electron chi connectivity index (χ3n) is 3.98. The highest BCUT2D eigenvalue weighted by Crippen LogP contribution is 2.20. The van der Waals surface area contributed by atoms with Crippen molar-refractivity contribution in [2.75, 3.05) is 32.0 Å². The molecule has 0 radical (unpaired) electrons. The van der Waals surface area contributed by atoms with Crippen LogP contribution in [0.15, 0.2) is 18.2 Å². The van der Waals surface area contributed by atoms with Crippen LogP contribution in [0, 0.1) is 6.92 Å². The number of anilines is 1. The summed E-state index contributed by atoms with van der Waals surface area (Å²) in [5.74, 6) is -1.03. The van der Waals surface area contributed by atoms with Gasteiger partial charge in [0.15, 0.2) is 0 Å². The Labute approximate surface area is 124 Å². The highest BCUT2D eigenvalue weighted by atomic mass is 16.4. The molecule has 2 N–H and O–H groups in total. The number of carbonyl (C=O) groups is 2. The third kappa shape index (κ3) is 3.33. The number of nitrogens with one attached hydrogen (secondary N) is 1. The number of aromatic carboxylic acids is 1. The summed E-state index contributed by atoms with van der Waals surface area (Å²) in [5.41, 5.74) is 1.12. The quantitative estimate of drug-likeness (QED) is 0.872. The molecule has 0 bridgehead atoms. The zero-order valence-corrected chi connectivity index (χ0v) is 12.6. The van der Waals surface area contributed by atoms with Crippen LogP contribution >= 0.6 is 0 Å². The van der Waals surface area contributed by atoms with Gasteiger partial charge in [-0.1, -0.05) is 12.1 Å². The molecule has 1 aliphatic heterocycles. The maximum atomic E-state index is 12.3. The highest BCUT2D eigenvalue weighted by Gasteiger charge is 2.25. The van der Waals surface area contributed by atoms with E-state index in [0.717, 1.165) is 6.54 Å². The second-order valence-electron chi connectivity index (χ2n) is 5.51. The molecule has 2 rings (SSSR count). The van der Waals surface area contributed by atoms with Crippen LogP contribution in [0.2, 0.25) is 0 Å². The van der Waals surface area contributed by atoms with E-state index < -0.39 is 5.97 Å². The molecule has 0 saturated carbocycles. The third-order valence-corrected chi connectivity index (χ3v) is 3.98. The van der Waals surface area contributed by atoms with Crippen molar-refractivity contribution in [1.29, 1.82) is 0 Å². The van der Waals surface area contributed by atoms with E-state index in [-0.39, 0.29) is 11.6 Å². The molecule has 1 unspecified atom stereocenters. The van der Waals surface area contributed by atoms with Gasteiger partial charge >= 0.3 is 12.0 Å². The Morgan fingerprint density at radius 2 is 2.05 bits per heavy atom. The predicted octanol–water partition coefficient (Wildman–Crippen LogP) is 1.86. The van der Waals surface area contributed by atoms with Crippen molar-refractivity contribution in [1.82, 2.24) is 9.80 Å². The molecule has 114 valence electrons. The molecule has 21 heavy (non-hydrogen) atoms. The average molecular weight is 291 g/mol. The molecule has 1 fully saturated rings. The summed E-state index contributed by atoms with van der Waals surface area (Å²) in [6, 6.07) is 5.12. The standard InChI is InChI=1S/C15H21N3O3/c1-10-5-4-6-12(13(10)14(19)20)16-15(21)18-8-7-17(3)11(2)9-18/h4-6,11H,7-9H2,1-3H3,(H,16,21)(H,19,20). The van der Waals surface area contributed by atoms with Crippen molar-refractivity contribution in [3.63, 3.8) is 0 Å². The van der Waals surface area contributed by atoms with E-state index in [4.69, 9.17) is 0 Å². The minimum absolute atomic E-state index is 0.146. The Morgan fingerprint density at radius 1 is 1.33 bits per heavy atom. The molecule has 6 heteroatoms. The lowest BCUT2D eigenvalue weighted by molar-refractivity contribution is 0.0697. The number of piperazine rings is 1. The fourth-order valence-corrected chi connectivity index (χ4v) is 2.48. The Hall–Kier alpha value is -2.08. The Kier molecular flexibility index (Phi) is 4.47. The molecule has 0 aliphatic carbocycles. The number of amides is 2. The molecule has 0 aromatic heterocycles. The van der Waals surface area contributed by atoms with Gasteiger partial charge in [-0.25, -0.2) is 9.59 Å². The fraction of sp³-hybridized carbons (Fsp3) is 0.467. The highest BCUT2D eigenvalue weighted by molar-refractivity contribution is 6.01. The van der Waals surface area contributed by atoms with Gasteiger partial charge in [-0.15, -0.1) is 0 Å². The number of carboxylic acids is 1. The SMILES string of the molecule is Cc1cccc(NC(=O)N2CCN(C)C(C)C2)c1C(=O)O. The van der Waals surface area contributed by atoms with Gasteiger partial charge in [0, 0.05) is 25.7 Å². The molecular weight excluding hydrogens is 270 g/mol. The number of benzene rings is 1. The molecule has 0 spiro atoms. The second kappa shape index (κ2) is 6.13. The van der Waals surface area contributed by atoms with Crippen LogP contribution in [-0.4, -0.2) is 59.6 Å². The summed E-state index contributed by atoms with van der Waals surface area (Å²) in [5, 5.41) is 12.0. The minimum Gasteiger partial charge on any atom is -0.478 e. The van der Waals surface area contributed by atoms with Gasteiger partial charge in [-0.3, -0.25) is 0 Å². The Bertz CT molecular complexity index is 559. The van der Waals surface area contributed by atoms with E-state index in [0.29, 0.717) is 30.4 Å². The molecule has 1 atom stereocenters. The molecule has 1 heterocycles. The first-order valence-electron chi connectivity index (χ1n) is 6.99. The largest absolute Gasteiger partial charge is 0.478 e. The maximum absolute atomic E-state index is 12.3. The lowest BCUT2D eigenvalue weighted by Crippen LogP contribution is -2.53. The van der Waals surface area contributed by atoms with Gasteiger partial charge in [0.05, 0.1) is 11.3 Å². The summed E-state index contributed by atoms with van der Waals surface area (Å²) >= 11 is 0. The Balaban J connectivity index is 2.13. The molecule has 1 saturated heterocycles. The number of hydrogen-bond acceptors (Lipinski definition) is 3. The first-order valence-corrected chi connectivity index (χ1v) is 6.99. The topological polar surface area (TPSA) is 72.9 Å². The normalized spacial score (nSPS) is 19.4. The number of nitrogens with zero attached hydrogens (tertiary/aromatic N) is 2. The van der Waals surface area contributed by atoms with Crippen molar-refractivity contribution in [2.24, 2.45) is 0 Å². The lowest BCUT2D eigenvalue weighted by atomic mass is 10.1. The minimum atomic E-state index is -1.03. The van der Waals surface area contributed by atoms with E-state index >= 15 is 0 Å². The first kappa shape index (κ1) is 15.3. The molecule has 1 aliphatic rings. The van der Waals surface area contributed by atoms with E-state index in [2.05, 4.69) is 17.1 Å². The van der Waals surface area contributed by atoms with Gasteiger partial charge in [0.2, 0.25) is 0 Å².